The van der Waals surface area contributed by atoms with Gasteiger partial charge in [0.05, 0.1) is 12.0 Å². The topological polar surface area (TPSA) is 74.6 Å². The van der Waals surface area contributed by atoms with Crippen molar-refractivity contribution in [3.8, 4) is 0 Å². The Labute approximate surface area is 58.5 Å². The third kappa shape index (κ3) is 2.59. The van der Waals surface area contributed by atoms with Gasteiger partial charge < -0.3 is 15.0 Å². The Hall–Kier alpha value is -0.900. The maximum atomic E-state index is 10.1. The Bertz CT molecular complexity index is 132. The summed E-state index contributed by atoms with van der Waals surface area (Å²) in [6, 6.07) is 0. The van der Waals surface area contributed by atoms with Crippen LogP contribution in [-0.4, -0.2) is 28.6 Å². The molecule has 2 N–H and O–H groups in total. The molecule has 2 atom stereocenters. The van der Waals surface area contributed by atoms with Crippen LogP contribution in [0.1, 0.15) is 13.3 Å². The van der Waals surface area contributed by atoms with Gasteiger partial charge in [-0.1, -0.05) is 0 Å². The molecule has 10 heavy (non-hydrogen) atoms. The molecule has 0 rings (SSSR count). The molecule has 4 nitrogen and oxygen atoms in total. The first-order valence-electron chi connectivity index (χ1n) is 2.94. The van der Waals surface area contributed by atoms with Crippen molar-refractivity contribution < 1.29 is 19.8 Å². The van der Waals surface area contributed by atoms with Crippen molar-refractivity contribution in [2.75, 3.05) is 0 Å². The van der Waals surface area contributed by atoms with Crippen molar-refractivity contribution >= 4 is 12.3 Å². The zero-order valence-electron chi connectivity index (χ0n) is 5.65. The summed E-state index contributed by atoms with van der Waals surface area (Å²) in [5.41, 5.74) is 0. The lowest BCUT2D eigenvalue weighted by molar-refractivity contribution is -0.145. The third-order valence-electron chi connectivity index (χ3n) is 1.30. The van der Waals surface area contributed by atoms with E-state index in [1.807, 2.05) is 0 Å². The van der Waals surface area contributed by atoms with Crippen LogP contribution in [0.3, 0.4) is 0 Å². The molecular formula is C6H10O4. The molecule has 4 heteroatoms. The molecule has 2 unspecified atom stereocenters. The van der Waals surface area contributed by atoms with E-state index in [-0.39, 0.29) is 6.42 Å². The average molecular weight is 146 g/mol. The van der Waals surface area contributed by atoms with E-state index in [0.717, 1.165) is 0 Å². The molecule has 0 radical (unpaired) electrons. The molecule has 0 aromatic rings. The van der Waals surface area contributed by atoms with E-state index in [1.54, 1.807) is 0 Å². The molecule has 0 saturated carbocycles. The second kappa shape index (κ2) is 4.00. The largest absolute Gasteiger partial charge is 0.481 e. The van der Waals surface area contributed by atoms with Crippen molar-refractivity contribution in [2.24, 2.45) is 5.92 Å². The molecule has 0 heterocycles. The highest BCUT2D eigenvalue weighted by Crippen LogP contribution is 2.04. The number of carbonyl (C=O) groups is 2. The number of aliphatic hydroxyl groups is 1. The van der Waals surface area contributed by atoms with Gasteiger partial charge in [0.25, 0.3) is 0 Å². The van der Waals surface area contributed by atoms with Crippen LogP contribution in [0.4, 0.5) is 0 Å². The minimum atomic E-state index is -1.09. The predicted molar refractivity (Wildman–Crippen MR) is 33.5 cm³/mol. The number of aliphatic carboxylic acids is 1. The fourth-order valence-corrected chi connectivity index (χ4v) is 0.467. The highest BCUT2D eigenvalue weighted by Gasteiger charge is 2.20. The zero-order valence-corrected chi connectivity index (χ0v) is 5.65. The van der Waals surface area contributed by atoms with Crippen LogP contribution in [0, 0.1) is 5.92 Å². The van der Waals surface area contributed by atoms with Crippen LogP contribution in [-0.2, 0) is 9.59 Å². The maximum Gasteiger partial charge on any atom is 0.308 e. The number of hydrogen-bond acceptors (Lipinski definition) is 3. The van der Waals surface area contributed by atoms with E-state index < -0.39 is 18.0 Å². The second-order valence-corrected chi connectivity index (χ2v) is 2.10. The average Bonchev–Trinajstić information content (AvgIpc) is 1.87. The summed E-state index contributed by atoms with van der Waals surface area (Å²) in [7, 11) is 0. The Morgan fingerprint density at radius 2 is 2.20 bits per heavy atom. The Balaban J connectivity index is 3.80. The second-order valence-electron chi connectivity index (χ2n) is 2.10. The van der Waals surface area contributed by atoms with E-state index in [9.17, 15) is 9.59 Å². The number of aliphatic hydroxyl groups excluding tert-OH is 1. The lowest BCUT2D eigenvalue weighted by Crippen LogP contribution is -2.25. The molecule has 0 aromatic carbocycles. The minimum absolute atomic E-state index is 0.118. The molecule has 0 aromatic heterocycles. The summed E-state index contributed by atoms with van der Waals surface area (Å²) >= 11 is 0. The first-order chi connectivity index (χ1) is 4.59. The molecule has 0 bridgehead atoms. The number of hydrogen-bond donors (Lipinski definition) is 2. The van der Waals surface area contributed by atoms with Crippen LogP contribution in [0.5, 0.6) is 0 Å². The molecule has 0 amide bonds. The number of aldehydes is 1. The minimum Gasteiger partial charge on any atom is -0.481 e. The Morgan fingerprint density at radius 1 is 1.70 bits per heavy atom. The number of carboxylic acid groups (broad SMARTS) is 1. The van der Waals surface area contributed by atoms with Gasteiger partial charge in [-0.05, 0) is 6.92 Å². The summed E-state index contributed by atoms with van der Waals surface area (Å²) in [5, 5.41) is 17.2. The summed E-state index contributed by atoms with van der Waals surface area (Å²) < 4.78 is 0. The Kier molecular flexibility index (Phi) is 3.64. The molecule has 0 spiro atoms. The van der Waals surface area contributed by atoms with Gasteiger partial charge >= 0.3 is 5.97 Å². The van der Waals surface area contributed by atoms with Crippen molar-refractivity contribution in [2.45, 2.75) is 19.4 Å². The van der Waals surface area contributed by atoms with Crippen LogP contribution in [0.2, 0.25) is 0 Å². The van der Waals surface area contributed by atoms with E-state index in [0.29, 0.717) is 6.29 Å². The van der Waals surface area contributed by atoms with Gasteiger partial charge in [0, 0.05) is 6.42 Å². The maximum absolute atomic E-state index is 10.1. The van der Waals surface area contributed by atoms with Crippen molar-refractivity contribution in [1.29, 1.82) is 0 Å². The molecule has 0 aliphatic carbocycles. The summed E-state index contributed by atoms with van der Waals surface area (Å²) in [6.07, 6.45) is -0.674. The molecule has 58 valence electrons. The summed E-state index contributed by atoms with van der Waals surface area (Å²) in [5.74, 6) is -1.96. The molecule has 0 fully saturated rings. The van der Waals surface area contributed by atoms with Crippen LogP contribution >= 0.6 is 0 Å². The van der Waals surface area contributed by atoms with E-state index in [1.165, 1.54) is 6.92 Å². The molecular weight excluding hydrogens is 136 g/mol. The quantitative estimate of drug-likeness (QED) is 0.532. The summed E-state index contributed by atoms with van der Waals surface area (Å²) in [6.45, 7) is 1.36. The normalized spacial score (nSPS) is 15.8. The highest BCUT2D eigenvalue weighted by atomic mass is 16.4. The number of carboxylic acids is 1. The van der Waals surface area contributed by atoms with Gasteiger partial charge in [-0.15, -0.1) is 0 Å². The lowest BCUT2D eigenvalue weighted by atomic mass is 10.0. The van der Waals surface area contributed by atoms with Gasteiger partial charge in [-0.3, -0.25) is 4.79 Å². The number of rotatable bonds is 4. The first kappa shape index (κ1) is 9.10. The molecule has 0 aliphatic rings. The van der Waals surface area contributed by atoms with Crippen LogP contribution in [0.15, 0.2) is 0 Å². The van der Waals surface area contributed by atoms with Crippen LogP contribution < -0.4 is 0 Å². The van der Waals surface area contributed by atoms with E-state index in [2.05, 4.69) is 0 Å². The van der Waals surface area contributed by atoms with Gasteiger partial charge in [0.2, 0.25) is 0 Å². The first-order valence-corrected chi connectivity index (χ1v) is 2.94. The van der Waals surface area contributed by atoms with Gasteiger partial charge in [0.15, 0.2) is 0 Å². The fourth-order valence-electron chi connectivity index (χ4n) is 0.467. The molecule has 0 aliphatic heterocycles. The van der Waals surface area contributed by atoms with Crippen LogP contribution in [0.25, 0.3) is 0 Å². The standard InChI is InChI=1S/C6H10O4/c1-4(6(9)10)5(8)2-3-7/h3-5,8H,2H2,1H3,(H,9,10). The van der Waals surface area contributed by atoms with Crippen molar-refractivity contribution in [3.05, 3.63) is 0 Å². The monoisotopic (exact) mass is 146 g/mol. The lowest BCUT2D eigenvalue weighted by Gasteiger charge is -2.10. The van der Waals surface area contributed by atoms with Gasteiger partial charge in [-0.2, -0.15) is 0 Å². The zero-order chi connectivity index (χ0) is 8.15. The smallest absolute Gasteiger partial charge is 0.308 e. The highest BCUT2D eigenvalue weighted by molar-refractivity contribution is 5.70. The van der Waals surface area contributed by atoms with E-state index >= 15 is 0 Å². The van der Waals surface area contributed by atoms with Gasteiger partial charge in [0.1, 0.15) is 6.29 Å². The Morgan fingerprint density at radius 3 is 2.50 bits per heavy atom. The predicted octanol–water partition coefficient (Wildman–Crippen LogP) is -0.343. The summed E-state index contributed by atoms with van der Waals surface area (Å²) in [4.78, 5) is 19.9. The van der Waals surface area contributed by atoms with Crippen molar-refractivity contribution in [3.63, 3.8) is 0 Å². The fraction of sp³-hybridized carbons (Fsp3) is 0.667. The van der Waals surface area contributed by atoms with Crippen molar-refractivity contribution in [1.82, 2.24) is 0 Å². The molecule has 0 saturated heterocycles. The third-order valence-corrected chi connectivity index (χ3v) is 1.30. The SMILES string of the molecule is CC(C(=O)O)C(O)CC=O. The van der Waals surface area contributed by atoms with Gasteiger partial charge in [-0.25, -0.2) is 0 Å². The number of carbonyl (C=O) groups excluding carboxylic acids is 1. The van der Waals surface area contributed by atoms with E-state index in [4.69, 9.17) is 10.2 Å².